The fourth-order valence-electron chi connectivity index (χ4n) is 2.09. The number of hydrogen-bond donors (Lipinski definition) is 1. The molecule has 0 radical (unpaired) electrons. The molecule has 0 spiro atoms. The van der Waals surface area contributed by atoms with E-state index in [0.29, 0.717) is 19.2 Å². The van der Waals surface area contributed by atoms with Crippen LogP contribution in [0, 0.1) is 6.92 Å². The molecular formula is C17H17F3N2O2. The monoisotopic (exact) mass is 338 g/mol. The van der Waals surface area contributed by atoms with E-state index in [1.807, 2.05) is 31.2 Å². The van der Waals surface area contributed by atoms with Crippen LogP contribution in [0.2, 0.25) is 0 Å². The van der Waals surface area contributed by atoms with Crippen molar-refractivity contribution < 1.29 is 22.7 Å². The van der Waals surface area contributed by atoms with Crippen molar-refractivity contribution in [2.75, 3.05) is 13.2 Å². The number of carbonyl (C=O) groups excluding carboxylic acids is 1. The molecule has 0 aliphatic carbocycles. The first kappa shape index (κ1) is 17.8. The van der Waals surface area contributed by atoms with Crippen molar-refractivity contribution in [3.63, 3.8) is 0 Å². The fourth-order valence-corrected chi connectivity index (χ4v) is 2.09. The van der Waals surface area contributed by atoms with E-state index in [1.54, 1.807) is 0 Å². The van der Waals surface area contributed by atoms with Crippen LogP contribution in [0.15, 0.2) is 42.7 Å². The Kier molecular flexibility index (Phi) is 5.78. The van der Waals surface area contributed by atoms with Gasteiger partial charge in [0.05, 0.1) is 17.7 Å². The van der Waals surface area contributed by atoms with Gasteiger partial charge in [-0.1, -0.05) is 18.2 Å². The number of hydrogen-bond acceptors (Lipinski definition) is 3. The number of rotatable bonds is 6. The van der Waals surface area contributed by atoms with E-state index in [1.165, 1.54) is 0 Å². The SMILES string of the molecule is Cc1ccccc1OCCCNC(=O)c1ccncc1C(F)(F)F. The van der Waals surface area contributed by atoms with Gasteiger partial charge in [-0.3, -0.25) is 9.78 Å². The molecule has 24 heavy (non-hydrogen) atoms. The number of para-hydroxylation sites is 1. The Morgan fingerprint density at radius 2 is 2.00 bits per heavy atom. The first-order chi connectivity index (χ1) is 11.4. The molecule has 0 aliphatic rings. The van der Waals surface area contributed by atoms with Crippen LogP contribution in [0.4, 0.5) is 13.2 Å². The zero-order valence-corrected chi connectivity index (χ0v) is 13.1. The third-order valence-electron chi connectivity index (χ3n) is 3.33. The number of nitrogens with zero attached hydrogens (tertiary/aromatic N) is 1. The summed E-state index contributed by atoms with van der Waals surface area (Å²) in [5, 5.41) is 2.47. The Morgan fingerprint density at radius 1 is 1.25 bits per heavy atom. The highest BCUT2D eigenvalue weighted by atomic mass is 19.4. The van der Waals surface area contributed by atoms with E-state index in [4.69, 9.17) is 4.74 Å². The van der Waals surface area contributed by atoms with Crippen molar-refractivity contribution in [2.24, 2.45) is 0 Å². The molecule has 1 amide bonds. The standard InChI is InChI=1S/C17H17F3N2O2/c1-12-5-2-3-6-15(12)24-10-4-8-22-16(23)13-7-9-21-11-14(13)17(18,19)20/h2-3,5-7,9,11H,4,8,10H2,1H3,(H,22,23). The fraction of sp³-hybridized carbons (Fsp3) is 0.294. The normalized spacial score (nSPS) is 11.2. The molecule has 4 nitrogen and oxygen atoms in total. The summed E-state index contributed by atoms with van der Waals surface area (Å²) in [4.78, 5) is 15.3. The zero-order valence-electron chi connectivity index (χ0n) is 13.1. The molecule has 0 aliphatic heterocycles. The largest absolute Gasteiger partial charge is 0.493 e. The first-order valence-electron chi connectivity index (χ1n) is 7.37. The summed E-state index contributed by atoms with van der Waals surface area (Å²) in [6.45, 7) is 2.48. The molecule has 0 unspecified atom stereocenters. The Labute approximate surface area is 137 Å². The van der Waals surface area contributed by atoms with Gasteiger partial charge in [-0.2, -0.15) is 13.2 Å². The first-order valence-corrected chi connectivity index (χ1v) is 7.37. The maximum absolute atomic E-state index is 12.8. The van der Waals surface area contributed by atoms with Gasteiger partial charge in [-0.05, 0) is 31.0 Å². The van der Waals surface area contributed by atoms with Gasteiger partial charge in [0.2, 0.25) is 0 Å². The van der Waals surface area contributed by atoms with Gasteiger partial charge in [-0.15, -0.1) is 0 Å². The number of carbonyl (C=O) groups is 1. The topological polar surface area (TPSA) is 51.2 Å². The van der Waals surface area contributed by atoms with E-state index >= 15 is 0 Å². The van der Waals surface area contributed by atoms with Crippen molar-refractivity contribution in [3.05, 3.63) is 59.4 Å². The number of ether oxygens (including phenoxy) is 1. The second kappa shape index (κ2) is 7.81. The van der Waals surface area contributed by atoms with Crippen LogP contribution in [-0.4, -0.2) is 24.0 Å². The lowest BCUT2D eigenvalue weighted by atomic mass is 10.1. The van der Waals surface area contributed by atoms with Gasteiger partial charge < -0.3 is 10.1 Å². The lowest BCUT2D eigenvalue weighted by Crippen LogP contribution is -2.28. The van der Waals surface area contributed by atoms with Crippen molar-refractivity contribution in [1.29, 1.82) is 0 Å². The van der Waals surface area contributed by atoms with Crippen LogP contribution in [0.1, 0.15) is 27.9 Å². The van der Waals surface area contributed by atoms with Crippen LogP contribution in [0.3, 0.4) is 0 Å². The smallest absolute Gasteiger partial charge is 0.418 e. The average molecular weight is 338 g/mol. The molecule has 2 aromatic rings. The maximum atomic E-state index is 12.8. The molecule has 128 valence electrons. The zero-order chi connectivity index (χ0) is 17.6. The maximum Gasteiger partial charge on any atom is 0.418 e. The molecule has 1 aromatic heterocycles. The highest BCUT2D eigenvalue weighted by molar-refractivity contribution is 5.95. The van der Waals surface area contributed by atoms with Gasteiger partial charge in [-0.25, -0.2) is 0 Å². The van der Waals surface area contributed by atoms with Gasteiger partial charge in [0.25, 0.3) is 5.91 Å². The van der Waals surface area contributed by atoms with Gasteiger partial charge in [0.1, 0.15) is 5.75 Å². The molecule has 0 atom stereocenters. The van der Waals surface area contributed by atoms with Crippen LogP contribution in [-0.2, 0) is 6.18 Å². The van der Waals surface area contributed by atoms with Crippen LogP contribution < -0.4 is 10.1 Å². The Balaban J connectivity index is 1.83. The van der Waals surface area contributed by atoms with E-state index in [9.17, 15) is 18.0 Å². The quantitative estimate of drug-likeness (QED) is 0.819. The second-order valence-corrected chi connectivity index (χ2v) is 5.14. The number of amides is 1. The third kappa shape index (κ3) is 4.71. The highest BCUT2D eigenvalue weighted by Crippen LogP contribution is 2.31. The molecule has 1 aromatic carbocycles. The number of halogens is 3. The average Bonchev–Trinajstić information content (AvgIpc) is 2.55. The molecule has 7 heteroatoms. The van der Waals surface area contributed by atoms with Crippen molar-refractivity contribution in [3.8, 4) is 5.75 Å². The number of nitrogens with one attached hydrogen (secondary N) is 1. The van der Waals surface area contributed by atoms with E-state index in [-0.39, 0.29) is 6.54 Å². The second-order valence-electron chi connectivity index (χ2n) is 5.14. The lowest BCUT2D eigenvalue weighted by Gasteiger charge is -2.12. The lowest BCUT2D eigenvalue weighted by molar-refractivity contribution is -0.138. The Morgan fingerprint density at radius 3 is 2.71 bits per heavy atom. The molecule has 0 saturated carbocycles. The molecular weight excluding hydrogens is 321 g/mol. The van der Waals surface area contributed by atoms with Crippen molar-refractivity contribution >= 4 is 5.91 Å². The molecule has 2 rings (SSSR count). The number of benzene rings is 1. The summed E-state index contributed by atoms with van der Waals surface area (Å²) >= 11 is 0. The molecule has 0 bridgehead atoms. The summed E-state index contributed by atoms with van der Waals surface area (Å²) in [5.41, 5.74) is -0.482. The van der Waals surface area contributed by atoms with Crippen LogP contribution >= 0.6 is 0 Å². The van der Waals surface area contributed by atoms with Gasteiger partial charge in [0, 0.05) is 18.9 Å². The predicted octanol–water partition coefficient (Wildman–Crippen LogP) is 3.61. The number of pyridine rings is 1. The van der Waals surface area contributed by atoms with Crippen molar-refractivity contribution in [2.45, 2.75) is 19.5 Å². The van der Waals surface area contributed by atoms with Crippen LogP contribution in [0.5, 0.6) is 5.75 Å². The van der Waals surface area contributed by atoms with Crippen LogP contribution in [0.25, 0.3) is 0 Å². The summed E-state index contributed by atoms with van der Waals surface area (Å²) in [7, 11) is 0. The minimum atomic E-state index is -4.62. The molecule has 0 fully saturated rings. The van der Waals surface area contributed by atoms with E-state index in [0.717, 1.165) is 23.6 Å². The van der Waals surface area contributed by atoms with E-state index in [2.05, 4.69) is 10.3 Å². The minimum absolute atomic E-state index is 0.213. The summed E-state index contributed by atoms with van der Waals surface area (Å²) < 4.78 is 44.1. The minimum Gasteiger partial charge on any atom is -0.493 e. The molecule has 1 heterocycles. The molecule has 0 saturated heterocycles. The van der Waals surface area contributed by atoms with Gasteiger partial charge >= 0.3 is 6.18 Å². The summed E-state index contributed by atoms with van der Waals surface area (Å²) in [6.07, 6.45) is -2.33. The third-order valence-corrected chi connectivity index (χ3v) is 3.33. The Hall–Kier alpha value is -2.57. The van der Waals surface area contributed by atoms with E-state index < -0.39 is 23.2 Å². The summed E-state index contributed by atoms with van der Waals surface area (Å²) in [5.74, 6) is -0.0297. The van der Waals surface area contributed by atoms with Crippen molar-refractivity contribution in [1.82, 2.24) is 10.3 Å². The number of aryl methyl sites for hydroxylation is 1. The van der Waals surface area contributed by atoms with Gasteiger partial charge in [0.15, 0.2) is 0 Å². The highest BCUT2D eigenvalue weighted by Gasteiger charge is 2.35. The predicted molar refractivity (Wildman–Crippen MR) is 82.9 cm³/mol. The summed E-state index contributed by atoms with van der Waals surface area (Å²) in [6, 6.07) is 8.56. The molecule has 1 N–H and O–H groups in total. The number of alkyl halides is 3. The number of aromatic nitrogens is 1. The Bertz CT molecular complexity index is 702.